The Balaban J connectivity index is 1.32. The fourth-order valence-electron chi connectivity index (χ4n) is 4.24. The minimum Gasteiger partial charge on any atom is -0.507 e. The second-order valence-corrected chi connectivity index (χ2v) is 8.17. The van der Waals surface area contributed by atoms with Crippen LogP contribution in [0.3, 0.4) is 0 Å². The molecule has 5 nitrogen and oxygen atoms in total. The van der Waals surface area contributed by atoms with Crippen LogP contribution in [0, 0.1) is 11.6 Å². The van der Waals surface area contributed by atoms with Gasteiger partial charge < -0.3 is 14.7 Å². The molecule has 0 bridgehead atoms. The van der Waals surface area contributed by atoms with E-state index in [2.05, 4.69) is 9.80 Å². The summed E-state index contributed by atoms with van der Waals surface area (Å²) < 4.78 is 32.6. The normalized spacial score (nSPS) is 17.3. The van der Waals surface area contributed by atoms with Crippen LogP contribution in [0.1, 0.15) is 21.5 Å². The molecule has 0 saturated carbocycles. The van der Waals surface area contributed by atoms with Gasteiger partial charge in [0.05, 0.1) is 11.1 Å². The van der Waals surface area contributed by atoms with Crippen LogP contribution in [-0.2, 0) is 6.54 Å². The van der Waals surface area contributed by atoms with E-state index < -0.39 is 5.82 Å². The minimum atomic E-state index is -0.398. The Bertz CT molecular complexity index is 1230. The van der Waals surface area contributed by atoms with E-state index in [1.807, 2.05) is 0 Å². The molecule has 7 heteroatoms. The van der Waals surface area contributed by atoms with Crippen molar-refractivity contribution in [2.24, 2.45) is 0 Å². The number of carbonyl (C=O) groups excluding carboxylic acids is 1. The number of anilines is 1. The van der Waals surface area contributed by atoms with Crippen molar-refractivity contribution >= 4 is 17.5 Å². The Morgan fingerprint density at radius 1 is 0.939 bits per heavy atom. The number of piperazine rings is 1. The zero-order valence-electron chi connectivity index (χ0n) is 17.8. The number of halogens is 2. The third-order valence-corrected chi connectivity index (χ3v) is 6.01. The molecule has 1 N–H and O–H groups in total. The molecule has 1 fully saturated rings. The number of nitrogens with zero attached hydrogens (tertiary/aromatic N) is 2. The number of hydrogen-bond donors (Lipinski definition) is 1. The molecule has 0 aliphatic carbocycles. The van der Waals surface area contributed by atoms with Gasteiger partial charge in [-0.05, 0) is 60.2 Å². The number of hydrogen-bond acceptors (Lipinski definition) is 5. The van der Waals surface area contributed by atoms with Gasteiger partial charge in [-0.25, -0.2) is 8.78 Å². The van der Waals surface area contributed by atoms with E-state index in [9.17, 15) is 18.7 Å². The standard InChI is InChI=1S/C26H22F2N2O3/c27-18-4-6-20(7-5-18)30-12-10-29(11-13-30)16-22-23(31)9-8-21-25(32)24(33-26(21)22)15-17-2-1-3-19(28)14-17/h1-9,14-15,31H,10-13,16H2/b24-15-. The summed E-state index contributed by atoms with van der Waals surface area (Å²) in [6.07, 6.45) is 1.51. The molecule has 0 radical (unpaired) electrons. The van der Waals surface area contributed by atoms with Gasteiger partial charge in [0, 0.05) is 38.4 Å². The summed E-state index contributed by atoms with van der Waals surface area (Å²) in [5.74, 6) is -0.435. The highest BCUT2D eigenvalue weighted by Gasteiger charge is 2.32. The van der Waals surface area contributed by atoms with Gasteiger partial charge in [0.25, 0.3) is 0 Å². The molecule has 0 atom stereocenters. The maximum atomic E-state index is 13.5. The number of fused-ring (bicyclic) bond motifs is 1. The molecule has 0 spiro atoms. The van der Waals surface area contributed by atoms with E-state index in [0.717, 1.165) is 31.9 Å². The highest BCUT2D eigenvalue weighted by molar-refractivity contribution is 6.15. The zero-order chi connectivity index (χ0) is 22.9. The van der Waals surface area contributed by atoms with Crippen molar-refractivity contribution in [3.8, 4) is 11.5 Å². The van der Waals surface area contributed by atoms with E-state index in [-0.39, 0.29) is 23.1 Å². The first kappa shape index (κ1) is 21.2. The molecule has 33 heavy (non-hydrogen) atoms. The highest BCUT2D eigenvalue weighted by Crippen LogP contribution is 2.40. The molecule has 2 aliphatic heterocycles. The summed E-state index contributed by atoms with van der Waals surface area (Å²) in [7, 11) is 0. The number of carbonyl (C=O) groups is 1. The first-order valence-corrected chi connectivity index (χ1v) is 10.8. The number of ether oxygens (including phenoxy) is 1. The number of benzene rings is 3. The summed E-state index contributed by atoms with van der Waals surface area (Å²) in [4.78, 5) is 17.2. The van der Waals surface area contributed by atoms with Crippen LogP contribution in [0.5, 0.6) is 11.5 Å². The van der Waals surface area contributed by atoms with Crippen LogP contribution in [-0.4, -0.2) is 42.0 Å². The Hall–Kier alpha value is -3.71. The topological polar surface area (TPSA) is 53.0 Å². The lowest BCUT2D eigenvalue weighted by atomic mass is 10.0. The van der Waals surface area contributed by atoms with Crippen LogP contribution < -0.4 is 9.64 Å². The minimum absolute atomic E-state index is 0.0644. The Morgan fingerprint density at radius 3 is 2.42 bits per heavy atom. The van der Waals surface area contributed by atoms with Gasteiger partial charge in [-0.3, -0.25) is 9.69 Å². The molecule has 1 saturated heterocycles. The Labute approximate surface area is 190 Å². The third-order valence-electron chi connectivity index (χ3n) is 6.01. The van der Waals surface area contributed by atoms with E-state index >= 15 is 0 Å². The average molecular weight is 448 g/mol. The van der Waals surface area contributed by atoms with Gasteiger partial charge in [0.15, 0.2) is 5.76 Å². The molecule has 2 aliphatic rings. The number of phenols is 1. The van der Waals surface area contributed by atoms with Crippen molar-refractivity contribution in [1.82, 2.24) is 4.90 Å². The van der Waals surface area contributed by atoms with Crippen molar-refractivity contribution < 1.29 is 23.4 Å². The number of ketones is 1. The molecule has 168 valence electrons. The van der Waals surface area contributed by atoms with Crippen LogP contribution in [0.2, 0.25) is 0 Å². The smallest absolute Gasteiger partial charge is 0.231 e. The quantitative estimate of drug-likeness (QED) is 0.591. The predicted octanol–water partition coefficient (Wildman–Crippen LogP) is 4.61. The lowest BCUT2D eigenvalue weighted by Gasteiger charge is -2.36. The summed E-state index contributed by atoms with van der Waals surface area (Å²) >= 11 is 0. The van der Waals surface area contributed by atoms with E-state index in [4.69, 9.17) is 4.74 Å². The highest BCUT2D eigenvalue weighted by atomic mass is 19.1. The second-order valence-electron chi connectivity index (χ2n) is 8.17. The third kappa shape index (κ3) is 4.32. The van der Waals surface area contributed by atoms with Crippen LogP contribution in [0.25, 0.3) is 6.08 Å². The van der Waals surface area contributed by atoms with Crippen LogP contribution in [0.4, 0.5) is 14.5 Å². The van der Waals surface area contributed by atoms with Crippen molar-refractivity contribution in [2.75, 3.05) is 31.1 Å². The number of Topliss-reactive ketones (excluding diaryl/α,β-unsaturated/α-hetero) is 1. The molecule has 0 aromatic heterocycles. The summed E-state index contributed by atoms with van der Waals surface area (Å²) in [6, 6.07) is 15.4. The van der Waals surface area contributed by atoms with Gasteiger partial charge in [-0.15, -0.1) is 0 Å². The first-order valence-electron chi connectivity index (χ1n) is 10.8. The van der Waals surface area contributed by atoms with Crippen molar-refractivity contribution in [3.63, 3.8) is 0 Å². The van der Waals surface area contributed by atoms with Gasteiger partial charge in [0.1, 0.15) is 23.1 Å². The van der Waals surface area contributed by atoms with Gasteiger partial charge in [0.2, 0.25) is 5.78 Å². The van der Waals surface area contributed by atoms with Crippen molar-refractivity contribution in [3.05, 3.63) is 94.7 Å². The summed E-state index contributed by atoms with van der Waals surface area (Å²) in [5, 5.41) is 10.5. The largest absolute Gasteiger partial charge is 0.507 e. The fraction of sp³-hybridized carbons (Fsp3) is 0.192. The van der Waals surface area contributed by atoms with E-state index in [1.165, 1.54) is 36.4 Å². The van der Waals surface area contributed by atoms with Gasteiger partial charge in [-0.2, -0.15) is 0 Å². The predicted molar refractivity (Wildman–Crippen MR) is 121 cm³/mol. The lowest BCUT2D eigenvalue weighted by molar-refractivity contribution is 0.101. The number of rotatable bonds is 4. The molecule has 3 aromatic carbocycles. The maximum Gasteiger partial charge on any atom is 0.231 e. The monoisotopic (exact) mass is 448 g/mol. The van der Waals surface area contributed by atoms with Gasteiger partial charge in [-0.1, -0.05) is 12.1 Å². The SMILES string of the molecule is O=C1/C(=C/c2cccc(F)c2)Oc2c1ccc(O)c2CN1CCN(c2ccc(F)cc2)CC1. The molecule has 3 aromatic rings. The molecule has 0 amide bonds. The average Bonchev–Trinajstić information content (AvgIpc) is 3.12. The molecular formula is C26H22F2N2O3. The molecule has 5 rings (SSSR count). The number of aromatic hydroxyl groups is 1. The number of allylic oxidation sites excluding steroid dienone is 1. The van der Waals surface area contributed by atoms with Crippen molar-refractivity contribution in [2.45, 2.75) is 6.54 Å². The zero-order valence-corrected chi connectivity index (χ0v) is 17.8. The molecule has 0 unspecified atom stereocenters. The molecule has 2 heterocycles. The molecular weight excluding hydrogens is 426 g/mol. The summed E-state index contributed by atoms with van der Waals surface area (Å²) in [5.41, 5.74) is 2.43. The Morgan fingerprint density at radius 2 is 1.70 bits per heavy atom. The van der Waals surface area contributed by atoms with E-state index in [0.29, 0.717) is 29.0 Å². The Kier molecular flexibility index (Phi) is 5.56. The maximum absolute atomic E-state index is 13.5. The first-order chi connectivity index (χ1) is 16.0. The van der Waals surface area contributed by atoms with E-state index in [1.54, 1.807) is 30.3 Å². The second kappa shape index (κ2) is 8.67. The fourth-order valence-corrected chi connectivity index (χ4v) is 4.24. The summed E-state index contributed by atoms with van der Waals surface area (Å²) in [6.45, 7) is 3.41. The lowest BCUT2D eigenvalue weighted by Crippen LogP contribution is -2.46. The van der Waals surface area contributed by atoms with Crippen LogP contribution in [0.15, 0.2) is 66.4 Å². The van der Waals surface area contributed by atoms with Crippen LogP contribution >= 0.6 is 0 Å². The number of phenolic OH excluding ortho intramolecular Hbond substituents is 1. The van der Waals surface area contributed by atoms with Gasteiger partial charge >= 0.3 is 0 Å². The van der Waals surface area contributed by atoms with Crippen molar-refractivity contribution in [1.29, 1.82) is 0 Å².